The molecule has 1 heterocycles. The monoisotopic (exact) mass is 385 g/mol. The molecule has 1 unspecified atom stereocenters. The molecular weight excluding hydrogens is 366 g/mol. The smallest absolute Gasteiger partial charge is 0.265 e. The van der Waals surface area contributed by atoms with Crippen LogP contribution in [0.3, 0.4) is 0 Å². The average Bonchev–Trinajstić information content (AvgIpc) is 3.17. The molecular formula is C21H20ClNO4. The molecule has 0 aliphatic heterocycles. The number of nitrogens with one attached hydrogen (secondary N) is 1. The quantitative estimate of drug-likeness (QED) is 0.589. The van der Waals surface area contributed by atoms with E-state index in [4.69, 9.17) is 25.5 Å². The summed E-state index contributed by atoms with van der Waals surface area (Å²) in [6.07, 6.45) is 0.921. The highest BCUT2D eigenvalue weighted by Crippen LogP contribution is 2.24. The van der Waals surface area contributed by atoms with Crippen LogP contribution in [0.4, 0.5) is 5.69 Å². The van der Waals surface area contributed by atoms with Crippen molar-refractivity contribution in [3.63, 3.8) is 0 Å². The Morgan fingerprint density at radius 2 is 1.96 bits per heavy atom. The van der Waals surface area contributed by atoms with Gasteiger partial charge >= 0.3 is 0 Å². The Kier molecular flexibility index (Phi) is 6.52. The number of carbonyl (C=O) groups is 1. The van der Waals surface area contributed by atoms with Crippen molar-refractivity contribution in [2.75, 3.05) is 5.32 Å². The number of halogens is 1. The van der Waals surface area contributed by atoms with E-state index < -0.39 is 6.10 Å². The maximum Gasteiger partial charge on any atom is 0.265 e. The third-order valence-corrected chi connectivity index (χ3v) is 4.11. The van der Waals surface area contributed by atoms with E-state index in [1.54, 1.807) is 37.5 Å². The molecule has 2 aromatic carbocycles. The number of hydrogen-bond donors (Lipinski definition) is 1. The van der Waals surface area contributed by atoms with E-state index >= 15 is 0 Å². The Bertz CT molecular complexity index is 879. The molecule has 0 saturated heterocycles. The Balaban J connectivity index is 1.53. The van der Waals surface area contributed by atoms with Gasteiger partial charge in [-0.25, -0.2) is 0 Å². The summed E-state index contributed by atoms with van der Waals surface area (Å²) in [6, 6.07) is 18.2. The van der Waals surface area contributed by atoms with Crippen LogP contribution >= 0.6 is 11.6 Å². The minimum atomic E-state index is -0.691. The molecule has 140 valence electrons. The molecule has 0 bridgehead atoms. The topological polar surface area (TPSA) is 60.7 Å². The molecule has 3 rings (SSSR count). The lowest BCUT2D eigenvalue weighted by Crippen LogP contribution is -2.30. The third-order valence-electron chi connectivity index (χ3n) is 3.80. The maximum atomic E-state index is 12.4. The van der Waals surface area contributed by atoms with Crippen LogP contribution in [-0.2, 0) is 22.7 Å². The number of rotatable bonds is 8. The average molecular weight is 386 g/mol. The first-order valence-corrected chi connectivity index (χ1v) is 8.91. The molecule has 0 spiro atoms. The van der Waals surface area contributed by atoms with E-state index in [-0.39, 0.29) is 5.91 Å². The van der Waals surface area contributed by atoms with Gasteiger partial charge in [0.1, 0.15) is 18.1 Å². The fourth-order valence-electron chi connectivity index (χ4n) is 2.43. The van der Waals surface area contributed by atoms with Gasteiger partial charge in [-0.2, -0.15) is 0 Å². The van der Waals surface area contributed by atoms with Crippen molar-refractivity contribution in [2.45, 2.75) is 26.2 Å². The van der Waals surface area contributed by atoms with Gasteiger partial charge in [0.25, 0.3) is 5.91 Å². The first kappa shape index (κ1) is 19.0. The number of amides is 1. The van der Waals surface area contributed by atoms with Crippen LogP contribution < -0.4 is 10.1 Å². The summed E-state index contributed by atoms with van der Waals surface area (Å²) in [6.45, 7) is 2.48. The number of anilines is 1. The zero-order valence-electron chi connectivity index (χ0n) is 14.9. The van der Waals surface area contributed by atoms with Gasteiger partial charge in [0, 0.05) is 5.69 Å². The second-order valence-electron chi connectivity index (χ2n) is 5.95. The molecule has 27 heavy (non-hydrogen) atoms. The van der Waals surface area contributed by atoms with E-state index in [1.807, 2.05) is 36.4 Å². The second kappa shape index (κ2) is 9.26. The summed E-state index contributed by atoms with van der Waals surface area (Å²) < 4.78 is 16.5. The van der Waals surface area contributed by atoms with E-state index in [9.17, 15) is 4.79 Å². The van der Waals surface area contributed by atoms with Gasteiger partial charge in [0.05, 0.1) is 17.9 Å². The minimum absolute atomic E-state index is 0.261. The standard InChI is InChI=1S/C21H20ClNO4/c1-15(27-20-10-3-2-9-19(20)22)21(24)23-17-7-4-6-16(12-17)13-25-14-18-8-5-11-26-18/h2-12,15H,13-14H2,1H3,(H,23,24). The lowest BCUT2D eigenvalue weighted by molar-refractivity contribution is -0.122. The van der Waals surface area contributed by atoms with Crippen LogP contribution in [-0.4, -0.2) is 12.0 Å². The van der Waals surface area contributed by atoms with E-state index in [1.165, 1.54) is 0 Å². The molecule has 0 saturated carbocycles. The van der Waals surface area contributed by atoms with Crippen molar-refractivity contribution in [1.29, 1.82) is 0 Å². The van der Waals surface area contributed by atoms with Crippen molar-refractivity contribution < 1.29 is 18.7 Å². The van der Waals surface area contributed by atoms with Gasteiger partial charge in [-0.05, 0) is 48.9 Å². The molecule has 1 amide bonds. The highest BCUT2D eigenvalue weighted by molar-refractivity contribution is 6.32. The van der Waals surface area contributed by atoms with Gasteiger partial charge in [-0.15, -0.1) is 0 Å². The Morgan fingerprint density at radius 3 is 2.74 bits per heavy atom. The van der Waals surface area contributed by atoms with Gasteiger partial charge in [-0.1, -0.05) is 35.9 Å². The van der Waals surface area contributed by atoms with E-state index in [0.717, 1.165) is 11.3 Å². The Hall–Kier alpha value is -2.76. The third kappa shape index (κ3) is 5.61. The minimum Gasteiger partial charge on any atom is -0.479 e. The predicted molar refractivity (Wildman–Crippen MR) is 104 cm³/mol. The summed E-state index contributed by atoms with van der Waals surface area (Å²) in [5.41, 5.74) is 1.62. The molecule has 0 radical (unpaired) electrons. The molecule has 3 aromatic rings. The van der Waals surface area contributed by atoms with Crippen LogP contribution in [0.15, 0.2) is 71.3 Å². The maximum absolute atomic E-state index is 12.4. The molecule has 0 fully saturated rings. The van der Waals surface area contributed by atoms with Crippen LogP contribution in [0.1, 0.15) is 18.2 Å². The van der Waals surface area contributed by atoms with Gasteiger partial charge in [0.2, 0.25) is 0 Å². The number of furan rings is 1. The van der Waals surface area contributed by atoms with E-state index in [2.05, 4.69) is 5.32 Å². The molecule has 1 atom stereocenters. The first-order valence-electron chi connectivity index (χ1n) is 8.53. The molecule has 0 aliphatic rings. The summed E-state index contributed by atoms with van der Waals surface area (Å²) in [5.74, 6) is 0.982. The predicted octanol–water partition coefficient (Wildman–Crippen LogP) is 5.06. The first-order chi connectivity index (χ1) is 13.1. The molecule has 6 heteroatoms. The molecule has 0 aliphatic carbocycles. The molecule has 1 N–H and O–H groups in total. The molecule has 5 nitrogen and oxygen atoms in total. The number of hydrogen-bond acceptors (Lipinski definition) is 4. The zero-order valence-corrected chi connectivity index (χ0v) is 15.6. The summed E-state index contributed by atoms with van der Waals surface area (Å²) in [4.78, 5) is 12.4. The van der Waals surface area contributed by atoms with Crippen LogP contribution in [0, 0.1) is 0 Å². The highest BCUT2D eigenvalue weighted by atomic mass is 35.5. The summed E-state index contributed by atoms with van der Waals surface area (Å²) >= 11 is 6.06. The zero-order chi connectivity index (χ0) is 19.1. The summed E-state index contributed by atoms with van der Waals surface area (Å²) in [7, 11) is 0. The van der Waals surface area contributed by atoms with Crippen LogP contribution in [0.2, 0.25) is 5.02 Å². The van der Waals surface area contributed by atoms with Crippen molar-refractivity contribution >= 4 is 23.2 Å². The summed E-state index contributed by atoms with van der Waals surface area (Å²) in [5, 5.41) is 3.31. The highest BCUT2D eigenvalue weighted by Gasteiger charge is 2.16. The lowest BCUT2D eigenvalue weighted by atomic mass is 10.2. The Morgan fingerprint density at radius 1 is 1.11 bits per heavy atom. The lowest BCUT2D eigenvalue weighted by Gasteiger charge is -2.16. The van der Waals surface area contributed by atoms with Crippen molar-refractivity contribution in [3.05, 3.63) is 83.3 Å². The van der Waals surface area contributed by atoms with Crippen LogP contribution in [0.5, 0.6) is 5.75 Å². The number of carbonyl (C=O) groups excluding carboxylic acids is 1. The SMILES string of the molecule is CC(Oc1ccccc1Cl)C(=O)Nc1cccc(COCc2ccco2)c1. The fraction of sp³-hybridized carbons (Fsp3) is 0.190. The fourth-order valence-corrected chi connectivity index (χ4v) is 2.61. The number of para-hydroxylation sites is 1. The molecule has 1 aromatic heterocycles. The Labute approximate surface area is 162 Å². The van der Waals surface area contributed by atoms with E-state index in [0.29, 0.717) is 29.7 Å². The van der Waals surface area contributed by atoms with Gasteiger partial charge in [-0.3, -0.25) is 4.79 Å². The van der Waals surface area contributed by atoms with Crippen molar-refractivity contribution in [1.82, 2.24) is 0 Å². The second-order valence-corrected chi connectivity index (χ2v) is 6.36. The normalized spacial score (nSPS) is 11.8. The largest absolute Gasteiger partial charge is 0.479 e. The number of ether oxygens (including phenoxy) is 2. The van der Waals surface area contributed by atoms with Crippen LogP contribution in [0.25, 0.3) is 0 Å². The van der Waals surface area contributed by atoms with Crippen molar-refractivity contribution in [2.24, 2.45) is 0 Å². The number of benzene rings is 2. The van der Waals surface area contributed by atoms with Crippen molar-refractivity contribution in [3.8, 4) is 5.75 Å². The van der Waals surface area contributed by atoms with Gasteiger partial charge in [0.15, 0.2) is 6.10 Å². The van der Waals surface area contributed by atoms with Gasteiger partial charge < -0.3 is 19.2 Å².